The van der Waals surface area contributed by atoms with Gasteiger partial charge in [0, 0.05) is 21.8 Å². The highest BCUT2D eigenvalue weighted by atomic mass is 35.5. The van der Waals surface area contributed by atoms with Gasteiger partial charge in [-0.3, -0.25) is 4.99 Å². The number of hydrogen-bond donors (Lipinski definition) is 0. The molecule has 0 aliphatic carbocycles. The highest BCUT2D eigenvalue weighted by Crippen LogP contribution is 2.28. The van der Waals surface area contributed by atoms with Gasteiger partial charge >= 0.3 is 0 Å². The van der Waals surface area contributed by atoms with Crippen LogP contribution in [0.2, 0.25) is 15.1 Å². The van der Waals surface area contributed by atoms with E-state index >= 15 is 0 Å². The number of halogens is 3. The molecule has 0 amide bonds. The van der Waals surface area contributed by atoms with Gasteiger partial charge in [-0.05, 0) is 61.4 Å². The van der Waals surface area contributed by atoms with Crippen LogP contribution in [0, 0.1) is 13.8 Å². The normalized spacial score (nSPS) is 11.1. The van der Waals surface area contributed by atoms with Crippen molar-refractivity contribution in [3.05, 3.63) is 91.9 Å². The standard InChI is InChI=1S/C22H18Cl3NO/c1-14-3-7-21(15(2)9-14)26-12-16-4-8-22(20(25)10-16)27-13-17-5-6-18(23)11-19(17)24/h3-12H,13H2,1-2H3. The molecule has 3 rings (SSSR count). The van der Waals surface area contributed by atoms with Gasteiger partial charge in [0.05, 0.1) is 10.7 Å². The largest absolute Gasteiger partial charge is 0.487 e. The first-order chi connectivity index (χ1) is 12.9. The second-order valence-electron chi connectivity index (χ2n) is 6.26. The third-order valence-electron chi connectivity index (χ3n) is 4.06. The van der Waals surface area contributed by atoms with Crippen LogP contribution in [-0.4, -0.2) is 6.21 Å². The fourth-order valence-corrected chi connectivity index (χ4v) is 3.31. The van der Waals surface area contributed by atoms with E-state index in [1.165, 1.54) is 5.56 Å². The minimum atomic E-state index is 0.311. The summed E-state index contributed by atoms with van der Waals surface area (Å²) in [6, 6.07) is 17.0. The zero-order valence-corrected chi connectivity index (χ0v) is 17.2. The zero-order valence-electron chi connectivity index (χ0n) is 15.0. The van der Waals surface area contributed by atoms with Crippen molar-refractivity contribution in [2.45, 2.75) is 20.5 Å². The summed E-state index contributed by atoms with van der Waals surface area (Å²) in [6.45, 7) is 4.42. The summed E-state index contributed by atoms with van der Waals surface area (Å²) in [6.07, 6.45) is 1.80. The quantitative estimate of drug-likeness (QED) is 0.391. The molecule has 0 fully saturated rings. The first-order valence-corrected chi connectivity index (χ1v) is 9.53. The lowest BCUT2D eigenvalue weighted by atomic mass is 10.1. The summed E-state index contributed by atoms with van der Waals surface area (Å²) >= 11 is 18.4. The van der Waals surface area contributed by atoms with Crippen molar-refractivity contribution in [2.75, 3.05) is 0 Å². The van der Waals surface area contributed by atoms with Crippen molar-refractivity contribution in [2.24, 2.45) is 4.99 Å². The molecule has 138 valence electrons. The number of aliphatic imine (C=N–C) groups is 1. The summed E-state index contributed by atoms with van der Waals surface area (Å²) in [5.74, 6) is 0.589. The van der Waals surface area contributed by atoms with Gasteiger partial charge in [-0.15, -0.1) is 0 Å². The van der Waals surface area contributed by atoms with Crippen LogP contribution in [0.15, 0.2) is 59.6 Å². The molecule has 0 spiro atoms. The Morgan fingerprint density at radius 3 is 2.41 bits per heavy atom. The molecule has 27 heavy (non-hydrogen) atoms. The van der Waals surface area contributed by atoms with E-state index in [2.05, 4.69) is 18.0 Å². The Morgan fingerprint density at radius 2 is 1.70 bits per heavy atom. The Kier molecular flexibility index (Phi) is 6.43. The molecule has 0 aliphatic heterocycles. The van der Waals surface area contributed by atoms with E-state index in [1.807, 2.05) is 43.3 Å². The maximum absolute atomic E-state index is 6.35. The highest BCUT2D eigenvalue weighted by Gasteiger charge is 2.06. The smallest absolute Gasteiger partial charge is 0.138 e. The van der Waals surface area contributed by atoms with Crippen molar-refractivity contribution >= 4 is 46.7 Å². The minimum Gasteiger partial charge on any atom is -0.487 e. The molecule has 0 saturated heterocycles. The maximum Gasteiger partial charge on any atom is 0.138 e. The Hall–Kier alpha value is -2.00. The Balaban J connectivity index is 1.70. The van der Waals surface area contributed by atoms with E-state index in [1.54, 1.807) is 18.3 Å². The summed E-state index contributed by atoms with van der Waals surface area (Å²) in [4.78, 5) is 4.55. The number of ether oxygens (including phenoxy) is 1. The molecule has 0 bridgehead atoms. The van der Waals surface area contributed by atoms with Crippen molar-refractivity contribution in [3.63, 3.8) is 0 Å². The van der Waals surface area contributed by atoms with Crippen LogP contribution in [0.5, 0.6) is 5.75 Å². The van der Waals surface area contributed by atoms with Crippen molar-refractivity contribution in [1.29, 1.82) is 0 Å². The second-order valence-corrected chi connectivity index (χ2v) is 7.51. The molecule has 3 aromatic rings. The van der Waals surface area contributed by atoms with Crippen LogP contribution < -0.4 is 4.74 Å². The zero-order chi connectivity index (χ0) is 19.4. The Bertz CT molecular complexity index is 999. The van der Waals surface area contributed by atoms with E-state index in [9.17, 15) is 0 Å². The third kappa shape index (κ3) is 5.26. The molecule has 0 aliphatic rings. The summed E-state index contributed by atoms with van der Waals surface area (Å²) < 4.78 is 5.79. The van der Waals surface area contributed by atoms with E-state index in [-0.39, 0.29) is 0 Å². The molecule has 0 saturated carbocycles. The van der Waals surface area contributed by atoms with Gasteiger partial charge in [-0.25, -0.2) is 0 Å². The average molecular weight is 419 g/mol. The van der Waals surface area contributed by atoms with Gasteiger partial charge < -0.3 is 4.74 Å². The SMILES string of the molecule is Cc1ccc(N=Cc2ccc(OCc3ccc(Cl)cc3Cl)c(Cl)c2)c(C)c1. The van der Waals surface area contributed by atoms with Crippen LogP contribution in [0.4, 0.5) is 5.69 Å². The lowest BCUT2D eigenvalue weighted by Gasteiger charge is -2.10. The van der Waals surface area contributed by atoms with Gasteiger partial charge in [-0.2, -0.15) is 0 Å². The first-order valence-electron chi connectivity index (χ1n) is 8.40. The van der Waals surface area contributed by atoms with Gasteiger partial charge in [0.25, 0.3) is 0 Å². The molecule has 0 unspecified atom stereocenters. The van der Waals surface area contributed by atoms with E-state index < -0.39 is 0 Å². The van der Waals surface area contributed by atoms with Gasteiger partial charge in [0.2, 0.25) is 0 Å². The van der Waals surface area contributed by atoms with Crippen molar-refractivity contribution in [1.82, 2.24) is 0 Å². The molecule has 0 radical (unpaired) electrons. The topological polar surface area (TPSA) is 21.6 Å². The minimum absolute atomic E-state index is 0.311. The third-order valence-corrected chi connectivity index (χ3v) is 4.94. The van der Waals surface area contributed by atoms with Crippen LogP contribution in [0.3, 0.4) is 0 Å². The molecule has 5 heteroatoms. The lowest BCUT2D eigenvalue weighted by Crippen LogP contribution is -1.97. The Labute approximate surface area is 174 Å². The average Bonchev–Trinajstić information content (AvgIpc) is 2.61. The van der Waals surface area contributed by atoms with E-state index in [0.29, 0.717) is 27.4 Å². The molecule has 0 heterocycles. The number of rotatable bonds is 5. The number of hydrogen-bond acceptors (Lipinski definition) is 2. The summed E-state index contributed by atoms with van der Waals surface area (Å²) in [5, 5.41) is 1.68. The summed E-state index contributed by atoms with van der Waals surface area (Å²) in [5.41, 5.74) is 5.04. The maximum atomic E-state index is 6.35. The fourth-order valence-electron chi connectivity index (χ4n) is 2.60. The van der Waals surface area contributed by atoms with Crippen LogP contribution >= 0.6 is 34.8 Å². The van der Waals surface area contributed by atoms with E-state index in [0.717, 1.165) is 22.4 Å². The number of aryl methyl sites for hydroxylation is 2. The fraction of sp³-hybridized carbons (Fsp3) is 0.136. The van der Waals surface area contributed by atoms with Crippen molar-refractivity contribution < 1.29 is 4.74 Å². The molecule has 0 aromatic heterocycles. The monoisotopic (exact) mass is 417 g/mol. The van der Waals surface area contributed by atoms with Crippen LogP contribution in [-0.2, 0) is 6.61 Å². The summed E-state index contributed by atoms with van der Waals surface area (Å²) in [7, 11) is 0. The van der Waals surface area contributed by atoms with Gasteiger partial charge in [-0.1, -0.05) is 58.6 Å². The van der Waals surface area contributed by atoms with Gasteiger partial charge in [0.15, 0.2) is 0 Å². The second kappa shape index (κ2) is 8.79. The number of benzene rings is 3. The molecule has 0 atom stereocenters. The lowest BCUT2D eigenvalue weighted by molar-refractivity contribution is 0.306. The van der Waals surface area contributed by atoms with Crippen molar-refractivity contribution in [3.8, 4) is 5.75 Å². The molecule has 3 aromatic carbocycles. The first kappa shape index (κ1) is 19.8. The molecule has 0 N–H and O–H groups in total. The predicted molar refractivity (Wildman–Crippen MR) is 115 cm³/mol. The highest BCUT2D eigenvalue weighted by molar-refractivity contribution is 6.35. The van der Waals surface area contributed by atoms with Crippen LogP contribution in [0.1, 0.15) is 22.3 Å². The van der Waals surface area contributed by atoms with E-state index in [4.69, 9.17) is 39.5 Å². The number of nitrogens with zero attached hydrogens (tertiary/aromatic N) is 1. The Morgan fingerprint density at radius 1 is 0.889 bits per heavy atom. The predicted octanol–water partition coefficient (Wildman–Crippen LogP) is 7.59. The molecular formula is C22H18Cl3NO. The van der Waals surface area contributed by atoms with Crippen LogP contribution in [0.25, 0.3) is 0 Å². The molecule has 2 nitrogen and oxygen atoms in total. The van der Waals surface area contributed by atoms with Gasteiger partial charge in [0.1, 0.15) is 12.4 Å². The molecular weight excluding hydrogens is 401 g/mol.